The molecule has 0 unspecified atom stereocenters. The maximum absolute atomic E-state index is 9.59. The molecule has 0 N–H and O–H groups in total. The molecule has 0 saturated carbocycles. The Morgan fingerprint density at radius 1 is 1.12 bits per heavy atom. The van der Waals surface area contributed by atoms with Crippen LogP contribution in [0.25, 0.3) is 23.0 Å². The molecule has 0 amide bonds. The molecule has 1 aromatic carbocycles. The molecule has 0 fully saturated rings. The van der Waals surface area contributed by atoms with Gasteiger partial charge in [0.05, 0.1) is 11.3 Å². The number of benzene rings is 1. The lowest BCUT2D eigenvalue weighted by Gasteiger charge is -2.19. The average Bonchev–Trinajstić information content (AvgIpc) is 3.17. The third-order valence-electron chi connectivity index (χ3n) is 3.68. The Bertz CT molecular complexity index is 974. The lowest BCUT2D eigenvalue weighted by Crippen LogP contribution is -2.15. The van der Waals surface area contributed by atoms with Gasteiger partial charge in [-0.25, -0.2) is 4.98 Å². The van der Waals surface area contributed by atoms with Crippen LogP contribution in [-0.4, -0.2) is 23.2 Å². The van der Waals surface area contributed by atoms with Crippen molar-refractivity contribution in [1.82, 2.24) is 9.97 Å². The van der Waals surface area contributed by atoms with Gasteiger partial charge in [0.2, 0.25) is 0 Å². The first-order valence-corrected chi connectivity index (χ1v) is 8.61. The van der Waals surface area contributed by atoms with Crippen LogP contribution in [-0.2, 0) is 0 Å². The van der Waals surface area contributed by atoms with E-state index in [9.17, 15) is 5.26 Å². The number of allylic oxidation sites excluding steroid dienone is 1. The van der Waals surface area contributed by atoms with Gasteiger partial charge in [0.1, 0.15) is 30.0 Å². The fourth-order valence-electron chi connectivity index (χ4n) is 2.54. The number of aromatic nitrogens is 2. The van der Waals surface area contributed by atoms with Gasteiger partial charge in [-0.15, -0.1) is 11.3 Å². The summed E-state index contributed by atoms with van der Waals surface area (Å²) in [6.07, 6.45) is 3.51. The standard InChI is InChI=1S/C19H13N3O2S/c20-11-14(10-13-4-3-6-17-18(13)24-9-8-23-17)19-22-16(12-25-19)15-5-1-2-7-21-15/h1-7,10,12H,8-9H2. The minimum atomic E-state index is 0.481. The molecule has 0 saturated heterocycles. The summed E-state index contributed by atoms with van der Waals surface area (Å²) in [6.45, 7) is 1.03. The maximum atomic E-state index is 9.59. The molecule has 2 aromatic heterocycles. The minimum absolute atomic E-state index is 0.481. The van der Waals surface area contributed by atoms with Crippen LogP contribution in [0.3, 0.4) is 0 Å². The molecule has 3 heterocycles. The van der Waals surface area contributed by atoms with Gasteiger partial charge in [-0.05, 0) is 24.3 Å². The summed E-state index contributed by atoms with van der Waals surface area (Å²) in [5.74, 6) is 1.37. The molecule has 0 aliphatic carbocycles. The van der Waals surface area contributed by atoms with Crippen molar-refractivity contribution < 1.29 is 9.47 Å². The number of hydrogen-bond donors (Lipinski definition) is 0. The van der Waals surface area contributed by atoms with Crippen molar-refractivity contribution >= 4 is 23.0 Å². The van der Waals surface area contributed by atoms with Crippen LogP contribution in [0, 0.1) is 11.3 Å². The van der Waals surface area contributed by atoms with Crippen LogP contribution in [0.5, 0.6) is 11.5 Å². The van der Waals surface area contributed by atoms with Crippen molar-refractivity contribution in [2.45, 2.75) is 0 Å². The quantitative estimate of drug-likeness (QED) is 0.669. The van der Waals surface area contributed by atoms with Crippen LogP contribution in [0.4, 0.5) is 0 Å². The summed E-state index contributed by atoms with van der Waals surface area (Å²) < 4.78 is 11.3. The number of rotatable bonds is 3. The average molecular weight is 347 g/mol. The van der Waals surface area contributed by atoms with Gasteiger partial charge in [-0.3, -0.25) is 4.98 Å². The van der Waals surface area contributed by atoms with E-state index in [1.54, 1.807) is 12.3 Å². The van der Waals surface area contributed by atoms with E-state index >= 15 is 0 Å². The Balaban J connectivity index is 1.71. The Morgan fingerprint density at radius 2 is 2.04 bits per heavy atom. The highest BCUT2D eigenvalue weighted by Gasteiger charge is 2.16. The van der Waals surface area contributed by atoms with Gasteiger partial charge >= 0.3 is 0 Å². The van der Waals surface area contributed by atoms with E-state index in [1.807, 2.05) is 41.8 Å². The van der Waals surface area contributed by atoms with Crippen LogP contribution in [0.2, 0.25) is 0 Å². The second-order valence-corrected chi connectivity index (χ2v) is 6.15. The highest BCUT2D eigenvalue weighted by atomic mass is 32.1. The fraction of sp³-hybridized carbons (Fsp3) is 0.105. The van der Waals surface area contributed by atoms with Gasteiger partial charge in [-0.1, -0.05) is 18.2 Å². The molecule has 0 bridgehead atoms. The largest absolute Gasteiger partial charge is 0.486 e. The number of para-hydroxylation sites is 1. The normalized spacial score (nSPS) is 13.3. The smallest absolute Gasteiger partial charge is 0.168 e. The Labute approximate surface area is 148 Å². The number of thiazole rings is 1. The van der Waals surface area contributed by atoms with E-state index in [2.05, 4.69) is 16.0 Å². The second-order valence-electron chi connectivity index (χ2n) is 5.29. The highest BCUT2D eigenvalue weighted by molar-refractivity contribution is 7.11. The third kappa shape index (κ3) is 3.10. The summed E-state index contributed by atoms with van der Waals surface area (Å²) in [6, 6.07) is 13.5. The second kappa shape index (κ2) is 6.75. The zero-order chi connectivity index (χ0) is 17.1. The molecule has 0 atom stereocenters. The van der Waals surface area contributed by atoms with Crippen LogP contribution in [0.1, 0.15) is 10.6 Å². The van der Waals surface area contributed by atoms with Crippen LogP contribution in [0.15, 0.2) is 48.0 Å². The lowest BCUT2D eigenvalue weighted by molar-refractivity contribution is 0.171. The van der Waals surface area contributed by atoms with Crippen molar-refractivity contribution in [3.63, 3.8) is 0 Å². The minimum Gasteiger partial charge on any atom is -0.486 e. The Hall–Kier alpha value is -3.17. The van der Waals surface area contributed by atoms with Gasteiger partial charge in [0.25, 0.3) is 0 Å². The van der Waals surface area contributed by atoms with E-state index in [0.29, 0.717) is 35.3 Å². The van der Waals surface area contributed by atoms with Crippen molar-refractivity contribution in [2.24, 2.45) is 0 Å². The molecule has 1 aliphatic rings. The Kier molecular flexibility index (Phi) is 4.15. The molecule has 5 nitrogen and oxygen atoms in total. The Morgan fingerprint density at radius 3 is 2.88 bits per heavy atom. The summed E-state index contributed by atoms with van der Waals surface area (Å²) >= 11 is 1.42. The number of ether oxygens (including phenoxy) is 2. The SMILES string of the molecule is N#CC(=Cc1cccc2c1OCCO2)c1nc(-c2ccccn2)cs1. The predicted molar refractivity (Wildman–Crippen MR) is 96.3 cm³/mol. The van der Waals surface area contributed by atoms with Crippen molar-refractivity contribution in [1.29, 1.82) is 5.26 Å². The molecule has 0 radical (unpaired) electrons. The summed E-state index contributed by atoms with van der Waals surface area (Å²) in [7, 11) is 0. The van der Waals surface area contributed by atoms with Gasteiger partial charge in [0, 0.05) is 17.1 Å². The van der Waals surface area contributed by atoms with Crippen LogP contribution >= 0.6 is 11.3 Å². The monoisotopic (exact) mass is 347 g/mol. The molecule has 3 aromatic rings. The first-order valence-electron chi connectivity index (χ1n) is 7.73. The van der Waals surface area contributed by atoms with Gasteiger partial charge in [-0.2, -0.15) is 5.26 Å². The molecular formula is C19H13N3O2S. The van der Waals surface area contributed by atoms with Crippen molar-refractivity contribution in [3.05, 3.63) is 58.5 Å². The lowest BCUT2D eigenvalue weighted by atomic mass is 10.1. The number of hydrogen-bond acceptors (Lipinski definition) is 6. The first kappa shape index (κ1) is 15.4. The molecule has 4 rings (SSSR count). The summed E-state index contributed by atoms with van der Waals surface area (Å²) in [5, 5.41) is 12.1. The maximum Gasteiger partial charge on any atom is 0.168 e. The molecule has 6 heteroatoms. The third-order valence-corrected chi connectivity index (χ3v) is 4.55. The van der Waals surface area contributed by atoms with E-state index < -0.39 is 0 Å². The highest BCUT2D eigenvalue weighted by Crippen LogP contribution is 2.36. The van der Waals surface area contributed by atoms with Gasteiger partial charge < -0.3 is 9.47 Å². The van der Waals surface area contributed by atoms with E-state index in [4.69, 9.17) is 9.47 Å². The topological polar surface area (TPSA) is 68.0 Å². The molecule has 122 valence electrons. The van der Waals surface area contributed by atoms with Crippen molar-refractivity contribution in [3.8, 4) is 29.0 Å². The fourth-order valence-corrected chi connectivity index (χ4v) is 3.32. The molecule has 0 spiro atoms. The number of nitrogens with zero attached hydrogens (tertiary/aromatic N) is 3. The number of pyridine rings is 1. The number of nitriles is 1. The van der Waals surface area contributed by atoms with E-state index in [1.165, 1.54) is 11.3 Å². The van der Waals surface area contributed by atoms with E-state index in [-0.39, 0.29) is 0 Å². The van der Waals surface area contributed by atoms with E-state index in [0.717, 1.165) is 17.0 Å². The zero-order valence-electron chi connectivity index (χ0n) is 13.2. The molecule has 25 heavy (non-hydrogen) atoms. The summed E-state index contributed by atoms with van der Waals surface area (Å²) in [5.41, 5.74) is 2.84. The number of fused-ring (bicyclic) bond motifs is 1. The zero-order valence-corrected chi connectivity index (χ0v) is 14.0. The first-order chi connectivity index (χ1) is 12.3. The predicted octanol–water partition coefficient (Wildman–Crippen LogP) is 4.04. The molecular weight excluding hydrogens is 334 g/mol. The van der Waals surface area contributed by atoms with Gasteiger partial charge in [0.15, 0.2) is 11.5 Å². The summed E-state index contributed by atoms with van der Waals surface area (Å²) in [4.78, 5) is 8.85. The van der Waals surface area contributed by atoms with Crippen molar-refractivity contribution in [2.75, 3.05) is 13.2 Å². The van der Waals surface area contributed by atoms with Crippen LogP contribution < -0.4 is 9.47 Å². The molecule has 1 aliphatic heterocycles.